The van der Waals surface area contributed by atoms with E-state index in [1.165, 1.54) is 0 Å². The SMILES string of the molecule is C=CCOCCCOCCC. The van der Waals surface area contributed by atoms with Crippen LogP contribution in [-0.2, 0) is 9.47 Å². The molecule has 2 nitrogen and oxygen atoms in total. The predicted octanol–water partition coefficient (Wildman–Crippen LogP) is 2.01. The average Bonchev–Trinajstić information content (AvgIpc) is 2.03. The molecular formula is C9H18O2. The van der Waals surface area contributed by atoms with Crippen molar-refractivity contribution >= 4 is 0 Å². The summed E-state index contributed by atoms with van der Waals surface area (Å²) in [5, 5.41) is 0. The number of hydrogen-bond acceptors (Lipinski definition) is 2. The monoisotopic (exact) mass is 158 g/mol. The molecule has 0 rings (SSSR count). The smallest absolute Gasteiger partial charge is 0.0644 e. The molecular weight excluding hydrogens is 140 g/mol. The first-order chi connectivity index (χ1) is 5.41. The summed E-state index contributed by atoms with van der Waals surface area (Å²) >= 11 is 0. The fraction of sp³-hybridized carbons (Fsp3) is 0.778. The summed E-state index contributed by atoms with van der Waals surface area (Å²) in [7, 11) is 0. The van der Waals surface area contributed by atoms with Crippen molar-refractivity contribution in [3.63, 3.8) is 0 Å². The van der Waals surface area contributed by atoms with E-state index in [4.69, 9.17) is 9.47 Å². The first-order valence-electron chi connectivity index (χ1n) is 4.18. The van der Waals surface area contributed by atoms with Crippen molar-refractivity contribution in [3.8, 4) is 0 Å². The lowest BCUT2D eigenvalue weighted by Crippen LogP contribution is -2.01. The van der Waals surface area contributed by atoms with Gasteiger partial charge in [0, 0.05) is 19.8 Å². The second kappa shape index (κ2) is 9.66. The quantitative estimate of drug-likeness (QED) is 0.397. The summed E-state index contributed by atoms with van der Waals surface area (Å²) in [5.41, 5.74) is 0. The fourth-order valence-corrected chi connectivity index (χ4v) is 0.676. The van der Waals surface area contributed by atoms with Gasteiger partial charge in [-0.1, -0.05) is 13.0 Å². The predicted molar refractivity (Wildman–Crippen MR) is 46.7 cm³/mol. The standard InChI is InChI=1S/C9H18O2/c1-3-6-10-8-5-9-11-7-4-2/h3H,1,4-9H2,2H3. The molecule has 0 radical (unpaired) electrons. The molecule has 0 spiro atoms. The van der Waals surface area contributed by atoms with Gasteiger partial charge in [-0.2, -0.15) is 0 Å². The number of ether oxygens (including phenoxy) is 2. The Morgan fingerprint density at radius 2 is 1.91 bits per heavy atom. The van der Waals surface area contributed by atoms with Gasteiger partial charge >= 0.3 is 0 Å². The molecule has 0 amide bonds. The Balaban J connectivity index is 2.74. The van der Waals surface area contributed by atoms with E-state index in [1.807, 2.05) is 0 Å². The van der Waals surface area contributed by atoms with Gasteiger partial charge in [-0.05, 0) is 12.8 Å². The summed E-state index contributed by atoms with van der Waals surface area (Å²) in [6.45, 7) is 8.75. The Bertz CT molecular complexity index is 81.6. The molecule has 0 heterocycles. The molecule has 0 aliphatic rings. The largest absolute Gasteiger partial charge is 0.381 e. The molecule has 0 aliphatic heterocycles. The van der Waals surface area contributed by atoms with E-state index in [0.29, 0.717) is 6.61 Å². The molecule has 0 saturated carbocycles. The molecule has 0 aliphatic carbocycles. The maximum Gasteiger partial charge on any atom is 0.0644 e. The molecule has 66 valence electrons. The summed E-state index contributed by atoms with van der Waals surface area (Å²) in [4.78, 5) is 0. The first kappa shape index (κ1) is 10.7. The van der Waals surface area contributed by atoms with Crippen molar-refractivity contribution in [2.75, 3.05) is 26.4 Å². The van der Waals surface area contributed by atoms with E-state index < -0.39 is 0 Å². The van der Waals surface area contributed by atoms with Crippen LogP contribution in [0.5, 0.6) is 0 Å². The molecule has 0 aromatic carbocycles. The first-order valence-corrected chi connectivity index (χ1v) is 4.18. The summed E-state index contributed by atoms with van der Waals surface area (Å²) < 4.78 is 10.4. The van der Waals surface area contributed by atoms with Gasteiger partial charge in [0.05, 0.1) is 6.61 Å². The van der Waals surface area contributed by atoms with Gasteiger partial charge in [0.1, 0.15) is 0 Å². The highest BCUT2D eigenvalue weighted by Crippen LogP contribution is 1.86. The van der Waals surface area contributed by atoms with Crippen LogP contribution in [0.1, 0.15) is 19.8 Å². The number of hydrogen-bond donors (Lipinski definition) is 0. The molecule has 0 bridgehead atoms. The molecule has 11 heavy (non-hydrogen) atoms. The van der Waals surface area contributed by atoms with Crippen molar-refractivity contribution < 1.29 is 9.47 Å². The van der Waals surface area contributed by atoms with Crippen LogP contribution in [0.4, 0.5) is 0 Å². The lowest BCUT2D eigenvalue weighted by atomic mass is 10.5. The third-order valence-electron chi connectivity index (χ3n) is 1.16. The summed E-state index contributed by atoms with van der Waals surface area (Å²) in [5.74, 6) is 0. The van der Waals surface area contributed by atoms with E-state index in [1.54, 1.807) is 6.08 Å². The van der Waals surface area contributed by atoms with Gasteiger partial charge in [-0.25, -0.2) is 0 Å². The zero-order valence-corrected chi connectivity index (χ0v) is 7.34. The molecule has 0 atom stereocenters. The van der Waals surface area contributed by atoms with Crippen molar-refractivity contribution in [2.45, 2.75) is 19.8 Å². The summed E-state index contributed by atoms with van der Waals surface area (Å²) in [6, 6.07) is 0. The average molecular weight is 158 g/mol. The molecule has 0 fully saturated rings. The van der Waals surface area contributed by atoms with E-state index >= 15 is 0 Å². The van der Waals surface area contributed by atoms with Gasteiger partial charge in [0.15, 0.2) is 0 Å². The minimum absolute atomic E-state index is 0.647. The van der Waals surface area contributed by atoms with Crippen LogP contribution in [-0.4, -0.2) is 26.4 Å². The van der Waals surface area contributed by atoms with Crippen molar-refractivity contribution in [3.05, 3.63) is 12.7 Å². The Morgan fingerprint density at radius 3 is 2.55 bits per heavy atom. The molecule has 0 aromatic rings. The highest BCUT2D eigenvalue weighted by atomic mass is 16.5. The third-order valence-corrected chi connectivity index (χ3v) is 1.16. The zero-order valence-electron chi connectivity index (χ0n) is 7.34. The van der Waals surface area contributed by atoms with Crippen molar-refractivity contribution in [1.29, 1.82) is 0 Å². The minimum atomic E-state index is 0.647. The van der Waals surface area contributed by atoms with Gasteiger partial charge in [-0.3, -0.25) is 0 Å². The third kappa shape index (κ3) is 9.66. The fourth-order valence-electron chi connectivity index (χ4n) is 0.676. The maximum atomic E-state index is 5.26. The Kier molecular flexibility index (Phi) is 9.36. The summed E-state index contributed by atoms with van der Waals surface area (Å²) in [6.07, 6.45) is 3.83. The second-order valence-electron chi connectivity index (χ2n) is 2.33. The number of rotatable bonds is 8. The van der Waals surface area contributed by atoms with Gasteiger partial charge in [-0.15, -0.1) is 6.58 Å². The van der Waals surface area contributed by atoms with Crippen molar-refractivity contribution in [2.24, 2.45) is 0 Å². The maximum absolute atomic E-state index is 5.26. The van der Waals surface area contributed by atoms with Gasteiger partial charge < -0.3 is 9.47 Å². The lowest BCUT2D eigenvalue weighted by Gasteiger charge is -2.01. The highest BCUT2D eigenvalue weighted by molar-refractivity contribution is 4.63. The van der Waals surface area contributed by atoms with Crippen LogP contribution in [0.2, 0.25) is 0 Å². The molecule has 2 heteroatoms. The van der Waals surface area contributed by atoms with Crippen molar-refractivity contribution in [1.82, 2.24) is 0 Å². The molecule has 0 unspecified atom stereocenters. The van der Waals surface area contributed by atoms with Crippen LogP contribution in [0.25, 0.3) is 0 Å². The lowest BCUT2D eigenvalue weighted by molar-refractivity contribution is 0.0935. The Morgan fingerprint density at radius 1 is 1.18 bits per heavy atom. The zero-order chi connectivity index (χ0) is 8.36. The van der Waals surface area contributed by atoms with Crippen LogP contribution >= 0.6 is 0 Å². The molecule has 0 N–H and O–H groups in total. The van der Waals surface area contributed by atoms with Crippen LogP contribution in [0.15, 0.2) is 12.7 Å². The van der Waals surface area contributed by atoms with E-state index in [0.717, 1.165) is 32.7 Å². The Labute approximate surface area is 69.2 Å². The van der Waals surface area contributed by atoms with Crippen LogP contribution < -0.4 is 0 Å². The van der Waals surface area contributed by atoms with Gasteiger partial charge in [0.25, 0.3) is 0 Å². The van der Waals surface area contributed by atoms with E-state index in [-0.39, 0.29) is 0 Å². The van der Waals surface area contributed by atoms with E-state index in [2.05, 4.69) is 13.5 Å². The highest BCUT2D eigenvalue weighted by Gasteiger charge is 1.87. The molecule has 0 saturated heterocycles. The van der Waals surface area contributed by atoms with E-state index in [9.17, 15) is 0 Å². The van der Waals surface area contributed by atoms with Crippen LogP contribution in [0.3, 0.4) is 0 Å². The molecule has 0 aromatic heterocycles. The van der Waals surface area contributed by atoms with Crippen LogP contribution in [0, 0.1) is 0 Å². The normalized spacial score (nSPS) is 9.91. The Hall–Kier alpha value is -0.340. The second-order valence-corrected chi connectivity index (χ2v) is 2.33. The minimum Gasteiger partial charge on any atom is -0.381 e. The topological polar surface area (TPSA) is 18.5 Å². The van der Waals surface area contributed by atoms with Gasteiger partial charge in [0.2, 0.25) is 0 Å².